The molecule has 3 aromatic carbocycles. The van der Waals surface area contributed by atoms with Crippen LogP contribution in [0.3, 0.4) is 0 Å². The van der Waals surface area contributed by atoms with Gasteiger partial charge in [0, 0.05) is 25.9 Å². The van der Waals surface area contributed by atoms with Gasteiger partial charge in [-0.1, -0.05) is 17.7 Å². The molecule has 1 heterocycles. The number of nitrogens with one attached hydrogen (secondary N) is 1. The van der Waals surface area contributed by atoms with Crippen molar-refractivity contribution in [3.8, 4) is 11.5 Å². The molecular formula is C22H12BrClIN3O4. The number of anilines is 1. The standard InChI is InChI=1S/C22H12BrClIN3O4/c23-16-5-3-13(25)10-15(16)22-27-18-11-14(4-7-20(18)32-22)26-21(29)8-2-12-1-6-17(24)19(9-12)28(30)31/h1-11H,(H,26,29). The van der Waals surface area contributed by atoms with Crippen molar-refractivity contribution >= 4 is 84.6 Å². The van der Waals surface area contributed by atoms with Gasteiger partial charge in [0.05, 0.1) is 10.5 Å². The highest BCUT2D eigenvalue weighted by molar-refractivity contribution is 14.1. The number of hydrogen-bond donors (Lipinski definition) is 1. The topological polar surface area (TPSA) is 98.3 Å². The van der Waals surface area contributed by atoms with Gasteiger partial charge >= 0.3 is 0 Å². The van der Waals surface area contributed by atoms with Crippen LogP contribution in [0, 0.1) is 13.7 Å². The number of halogens is 3. The first-order valence-corrected chi connectivity index (χ1v) is 11.3. The van der Waals surface area contributed by atoms with Crippen LogP contribution >= 0.6 is 50.1 Å². The fraction of sp³-hybridized carbons (Fsp3) is 0. The van der Waals surface area contributed by atoms with Crippen LogP contribution in [0.1, 0.15) is 5.56 Å². The highest BCUT2D eigenvalue weighted by Crippen LogP contribution is 2.32. The Morgan fingerprint density at radius 2 is 2.00 bits per heavy atom. The maximum absolute atomic E-state index is 12.3. The number of fused-ring (bicyclic) bond motifs is 1. The van der Waals surface area contributed by atoms with E-state index in [4.69, 9.17) is 16.0 Å². The molecule has 4 rings (SSSR count). The van der Waals surface area contributed by atoms with Crippen molar-refractivity contribution in [2.45, 2.75) is 0 Å². The molecule has 0 saturated heterocycles. The van der Waals surface area contributed by atoms with Crippen LogP contribution < -0.4 is 5.32 Å². The number of amides is 1. The molecule has 10 heteroatoms. The molecular weight excluding hydrogens is 613 g/mol. The Bertz CT molecular complexity index is 1400. The Kier molecular flexibility index (Phi) is 6.58. The monoisotopic (exact) mass is 623 g/mol. The lowest BCUT2D eigenvalue weighted by Crippen LogP contribution is -2.07. The van der Waals surface area contributed by atoms with Crippen LogP contribution in [0.15, 0.2) is 69.6 Å². The minimum absolute atomic E-state index is 0.0362. The summed E-state index contributed by atoms with van der Waals surface area (Å²) in [6, 6.07) is 15.3. The molecule has 32 heavy (non-hydrogen) atoms. The minimum Gasteiger partial charge on any atom is -0.436 e. The second-order valence-corrected chi connectivity index (χ2v) is 9.12. The Hall–Kier alpha value is -2.76. The number of nitro benzene ring substituents is 1. The fourth-order valence-electron chi connectivity index (χ4n) is 2.91. The average molecular weight is 625 g/mol. The van der Waals surface area contributed by atoms with Crippen molar-refractivity contribution in [2.75, 3.05) is 5.32 Å². The summed E-state index contributed by atoms with van der Waals surface area (Å²) in [6.07, 6.45) is 2.76. The van der Waals surface area contributed by atoms with E-state index in [-0.39, 0.29) is 10.7 Å². The summed E-state index contributed by atoms with van der Waals surface area (Å²) in [6.45, 7) is 0. The molecule has 0 bridgehead atoms. The predicted octanol–water partition coefficient (Wildman–Crippen LogP) is 7.08. The molecule has 0 aliphatic carbocycles. The molecule has 0 spiro atoms. The lowest BCUT2D eigenvalue weighted by molar-refractivity contribution is -0.384. The second kappa shape index (κ2) is 9.39. The molecule has 1 amide bonds. The van der Waals surface area contributed by atoms with Gasteiger partial charge in [-0.25, -0.2) is 4.98 Å². The van der Waals surface area contributed by atoms with E-state index in [2.05, 4.69) is 48.8 Å². The number of nitro groups is 1. The first kappa shape index (κ1) is 22.4. The van der Waals surface area contributed by atoms with E-state index in [9.17, 15) is 14.9 Å². The van der Waals surface area contributed by atoms with Crippen LogP contribution in [0.4, 0.5) is 11.4 Å². The molecule has 7 nitrogen and oxygen atoms in total. The van der Waals surface area contributed by atoms with Crippen LogP contribution in [-0.4, -0.2) is 15.8 Å². The molecule has 1 aromatic heterocycles. The van der Waals surface area contributed by atoms with Crippen molar-refractivity contribution < 1.29 is 14.1 Å². The van der Waals surface area contributed by atoms with Crippen molar-refractivity contribution in [2.24, 2.45) is 0 Å². The van der Waals surface area contributed by atoms with E-state index in [0.29, 0.717) is 28.2 Å². The zero-order valence-electron chi connectivity index (χ0n) is 16.0. The molecule has 4 aromatic rings. The number of benzene rings is 3. The van der Waals surface area contributed by atoms with E-state index >= 15 is 0 Å². The smallest absolute Gasteiger partial charge is 0.288 e. The molecule has 0 aliphatic heterocycles. The summed E-state index contributed by atoms with van der Waals surface area (Å²) in [7, 11) is 0. The fourth-order valence-corrected chi connectivity index (χ4v) is 4.00. The zero-order valence-corrected chi connectivity index (χ0v) is 20.5. The lowest BCUT2D eigenvalue weighted by atomic mass is 10.2. The van der Waals surface area contributed by atoms with E-state index in [1.165, 1.54) is 24.3 Å². The number of hydrogen-bond acceptors (Lipinski definition) is 5. The van der Waals surface area contributed by atoms with Gasteiger partial charge in [-0.2, -0.15) is 0 Å². The molecule has 160 valence electrons. The average Bonchev–Trinajstić information content (AvgIpc) is 3.18. The first-order valence-electron chi connectivity index (χ1n) is 9.09. The number of oxazole rings is 1. The first-order chi connectivity index (χ1) is 15.3. The third-order valence-corrected chi connectivity index (χ3v) is 6.09. The summed E-state index contributed by atoms with van der Waals surface area (Å²) in [4.78, 5) is 27.3. The maximum atomic E-state index is 12.3. The SMILES string of the molecule is O=C(C=Cc1ccc(Cl)c([N+](=O)[O-])c1)Nc1ccc2oc(-c3cc(I)ccc3Br)nc2c1. The Labute approximate surface area is 208 Å². The van der Waals surface area contributed by atoms with Gasteiger partial charge in [0.2, 0.25) is 11.8 Å². The Morgan fingerprint density at radius 1 is 1.19 bits per heavy atom. The van der Waals surface area contributed by atoms with E-state index < -0.39 is 10.8 Å². The lowest BCUT2D eigenvalue weighted by Gasteiger charge is -2.01. The number of aromatic nitrogens is 1. The summed E-state index contributed by atoms with van der Waals surface area (Å²) in [5.74, 6) is 0.0733. The highest BCUT2D eigenvalue weighted by atomic mass is 127. The molecule has 0 atom stereocenters. The summed E-state index contributed by atoms with van der Waals surface area (Å²) in [5, 5.41) is 13.8. The molecule has 0 radical (unpaired) electrons. The van der Waals surface area contributed by atoms with Crippen LogP contribution in [0.25, 0.3) is 28.6 Å². The second-order valence-electron chi connectivity index (χ2n) is 6.62. The normalized spacial score (nSPS) is 11.2. The van der Waals surface area contributed by atoms with E-state index in [0.717, 1.165) is 13.6 Å². The third kappa shape index (κ3) is 5.00. The van der Waals surface area contributed by atoms with Crippen molar-refractivity contribution in [3.63, 3.8) is 0 Å². The quantitative estimate of drug-likeness (QED) is 0.111. The molecule has 0 unspecified atom stereocenters. The maximum Gasteiger partial charge on any atom is 0.288 e. The summed E-state index contributed by atoms with van der Waals surface area (Å²) in [5.41, 5.74) is 2.82. The Balaban J connectivity index is 1.52. The van der Waals surface area contributed by atoms with Crippen LogP contribution in [-0.2, 0) is 4.79 Å². The number of carbonyl (C=O) groups excluding carboxylic acids is 1. The van der Waals surface area contributed by atoms with Crippen molar-refractivity contribution in [1.29, 1.82) is 0 Å². The summed E-state index contributed by atoms with van der Waals surface area (Å²) < 4.78 is 7.77. The van der Waals surface area contributed by atoms with Gasteiger partial charge in [-0.15, -0.1) is 0 Å². The Morgan fingerprint density at radius 3 is 2.78 bits per heavy atom. The van der Waals surface area contributed by atoms with Gasteiger partial charge in [-0.05, 0) is 92.6 Å². The van der Waals surface area contributed by atoms with Crippen molar-refractivity contribution in [3.05, 3.63) is 89.4 Å². The van der Waals surface area contributed by atoms with E-state index in [1.54, 1.807) is 24.3 Å². The number of nitrogens with zero attached hydrogens (tertiary/aromatic N) is 2. The van der Waals surface area contributed by atoms with Crippen LogP contribution in [0.5, 0.6) is 0 Å². The van der Waals surface area contributed by atoms with Crippen LogP contribution in [0.2, 0.25) is 5.02 Å². The predicted molar refractivity (Wildman–Crippen MR) is 136 cm³/mol. The molecule has 0 fully saturated rings. The molecule has 1 N–H and O–H groups in total. The molecule has 0 saturated carbocycles. The zero-order chi connectivity index (χ0) is 22.8. The number of carbonyl (C=O) groups is 1. The van der Waals surface area contributed by atoms with Gasteiger partial charge in [0.25, 0.3) is 5.69 Å². The van der Waals surface area contributed by atoms with Gasteiger partial charge in [0.1, 0.15) is 10.5 Å². The summed E-state index contributed by atoms with van der Waals surface area (Å²) >= 11 is 11.5. The van der Waals surface area contributed by atoms with Gasteiger partial charge in [-0.3, -0.25) is 14.9 Å². The van der Waals surface area contributed by atoms with Crippen molar-refractivity contribution in [1.82, 2.24) is 4.98 Å². The largest absolute Gasteiger partial charge is 0.436 e. The van der Waals surface area contributed by atoms with Gasteiger partial charge < -0.3 is 9.73 Å². The number of rotatable bonds is 5. The third-order valence-electron chi connectivity index (χ3n) is 4.41. The van der Waals surface area contributed by atoms with Gasteiger partial charge in [0.15, 0.2) is 5.58 Å². The van der Waals surface area contributed by atoms with E-state index in [1.807, 2.05) is 18.2 Å². The minimum atomic E-state index is -0.573. The highest BCUT2D eigenvalue weighted by Gasteiger charge is 2.14. The molecule has 0 aliphatic rings.